The number of allylic oxidation sites excluding steroid dienone is 4. The molecule has 1 aromatic heterocycles. The SMILES string of the molecule is C\C=C/C=C(\C(F)=C\F)N(N)/C(=N\N)c1cc(-c2ccc(OC)cc2)cnc1N. The third-order valence-electron chi connectivity index (χ3n) is 3.98. The van der Waals surface area contributed by atoms with Gasteiger partial charge in [0.05, 0.1) is 18.4 Å². The lowest BCUT2D eigenvalue weighted by Gasteiger charge is -2.22. The fraction of sp³-hybridized carbons (Fsp3) is 0.100. The minimum atomic E-state index is -1.20. The zero-order valence-corrected chi connectivity index (χ0v) is 16.0. The van der Waals surface area contributed by atoms with Gasteiger partial charge >= 0.3 is 0 Å². The molecule has 0 amide bonds. The van der Waals surface area contributed by atoms with E-state index in [0.29, 0.717) is 11.3 Å². The van der Waals surface area contributed by atoms with Gasteiger partial charge in [-0.15, -0.1) is 0 Å². The van der Waals surface area contributed by atoms with Crippen LogP contribution in [0.1, 0.15) is 12.5 Å². The monoisotopic (exact) mass is 400 g/mol. The third-order valence-corrected chi connectivity index (χ3v) is 3.98. The molecule has 1 aromatic carbocycles. The van der Waals surface area contributed by atoms with Crippen LogP contribution in [-0.2, 0) is 0 Å². The number of hydrogen-bond donors (Lipinski definition) is 3. The molecule has 0 unspecified atom stereocenters. The molecule has 6 N–H and O–H groups in total. The van der Waals surface area contributed by atoms with E-state index < -0.39 is 5.83 Å². The van der Waals surface area contributed by atoms with Gasteiger partial charge in [0.25, 0.3) is 0 Å². The molecule has 2 aromatic rings. The van der Waals surface area contributed by atoms with E-state index in [1.165, 1.54) is 12.2 Å². The van der Waals surface area contributed by atoms with Crippen molar-refractivity contribution in [3.05, 3.63) is 78.2 Å². The quantitative estimate of drug-likeness (QED) is 0.225. The maximum Gasteiger partial charge on any atom is 0.178 e. The Morgan fingerprint density at radius 2 is 1.93 bits per heavy atom. The van der Waals surface area contributed by atoms with E-state index in [1.807, 2.05) is 12.1 Å². The molecule has 0 atom stereocenters. The topological polar surface area (TPSA) is 116 Å². The average molecular weight is 400 g/mol. The van der Waals surface area contributed by atoms with Gasteiger partial charge in [0.2, 0.25) is 0 Å². The van der Waals surface area contributed by atoms with Crippen molar-refractivity contribution in [2.45, 2.75) is 6.92 Å². The number of hydrazine groups is 1. The number of rotatable bonds is 6. The van der Waals surface area contributed by atoms with Gasteiger partial charge in [-0.3, -0.25) is 5.01 Å². The number of benzene rings is 1. The summed E-state index contributed by atoms with van der Waals surface area (Å²) in [6.07, 6.45) is 5.74. The minimum Gasteiger partial charge on any atom is -0.497 e. The summed E-state index contributed by atoms with van der Waals surface area (Å²) in [5.74, 6) is 10.9. The molecule has 0 radical (unpaired) electrons. The Labute approximate surface area is 167 Å². The second-order valence-electron chi connectivity index (χ2n) is 5.74. The Morgan fingerprint density at radius 3 is 2.48 bits per heavy atom. The smallest absolute Gasteiger partial charge is 0.178 e. The van der Waals surface area contributed by atoms with Gasteiger partial charge in [-0.25, -0.2) is 19.6 Å². The zero-order valence-electron chi connectivity index (χ0n) is 16.0. The molecule has 152 valence electrons. The van der Waals surface area contributed by atoms with Crippen LogP contribution in [-0.4, -0.2) is 22.9 Å². The highest BCUT2D eigenvalue weighted by molar-refractivity contribution is 6.04. The molecule has 1 heterocycles. The second-order valence-corrected chi connectivity index (χ2v) is 5.74. The number of methoxy groups -OCH3 is 1. The first-order chi connectivity index (χ1) is 14.0. The number of aromatic nitrogens is 1. The summed E-state index contributed by atoms with van der Waals surface area (Å²) in [4.78, 5) is 4.15. The van der Waals surface area contributed by atoms with Gasteiger partial charge < -0.3 is 16.3 Å². The van der Waals surface area contributed by atoms with Crippen molar-refractivity contribution < 1.29 is 13.5 Å². The molecule has 0 saturated carbocycles. The van der Waals surface area contributed by atoms with Crippen LogP contribution in [0.25, 0.3) is 11.1 Å². The fourth-order valence-corrected chi connectivity index (χ4v) is 2.49. The molecule has 2 rings (SSSR count). The van der Waals surface area contributed by atoms with Crippen molar-refractivity contribution in [3.8, 4) is 16.9 Å². The molecule has 0 aliphatic heterocycles. The Kier molecular flexibility index (Phi) is 7.44. The Bertz CT molecular complexity index is 967. The summed E-state index contributed by atoms with van der Waals surface area (Å²) < 4.78 is 32.0. The van der Waals surface area contributed by atoms with Gasteiger partial charge in [-0.05, 0) is 36.8 Å². The zero-order chi connectivity index (χ0) is 21.4. The number of anilines is 1. The van der Waals surface area contributed by atoms with E-state index in [-0.39, 0.29) is 29.2 Å². The molecule has 0 aliphatic carbocycles. The second kappa shape index (κ2) is 10.00. The van der Waals surface area contributed by atoms with E-state index in [2.05, 4.69) is 10.1 Å². The Balaban J connectivity index is 2.52. The number of ether oxygens (including phenoxy) is 1. The molecular formula is C20H22F2N6O. The molecular weight excluding hydrogens is 378 g/mol. The number of amidine groups is 1. The molecule has 0 fully saturated rings. The van der Waals surface area contributed by atoms with Crippen molar-refractivity contribution in [3.63, 3.8) is 0 Å². The summed E-state index contributed by atoms with van der Waals surface area (Å²) in [6, 6.07) is 8.89. The van der Waals surface area contributed by atoms with Crippen LogP contribution >= 0.6 is 0 Å². The van der Waals surface area contributed by atoms with Crippen molar-refractivity contribution in [1.29, 1.82) is 0 Å². The normalized spacial score (nSPS) is 13.1. The number of nitrogen functional groups attached to an aromatic ring is 1. The number of pyridine rings is 1. The molecule has 29 heavy (non-hydrogen) atoms. The van der Waals surface area contributed by atoms with Crippen molar-refractivity contribution >= 4 is 11.7 Å². The van der Waals surface area contributed by atoms with Gasteiger partial charge in [0.1, 0.15) is 17.9 Å². The first-order valence-electron chi connectivity index (χ1n) is 8.49. The number of nitrogens with zero attached hydrogens (tertiary/aromatic N) is 3. The predicted molar refractivity (Wildman–Crippen MR) is 111 cm³/mol. The van der Waals surface area contributed by atoms with Crippen LogP contribution in [0.15, 0.2) is 77.7 Å². The fourth-order valence-electron chi connectivity index (χ4n) is 2.49. The molecule has 0 saturated heterocycles. The Morgan fingerprint density at radius 1 is 1.24 bits per heavy atom. The van der Waals surface area contributed by atoms with E-state index in [9.17, 15) is 8.78 Å². The van der Waals surface area contributed by atoms with Crippen LogP contribution in [0.2, 0.25) is 0 Å². The predicted octanol–water partition coefficient (Wildman–Crippen LogP) is 3.38. The van der Waals surface area contributed by atoms with E-state index in [0.717, 1.165) is 10.6 Å². The number of halogens is 2. The number of hydrazone groups is 1. The van der Waals surface area contributed by atoms with E-state index in [1.54, 1.807) is 44.5 Å². The summed E-state index contributed by atoms with van der Waals surface area (Å²) in [6.45, 7) is 1.71. The summed E-state index contributed by atoms with van der Waals surface area (Å²) in [5, 5.41) is 4.43. The van der Waals surface area contributed by atoms with Crippen LogP contribution in [0, 0.1) is 0 Å². The average Bonchev–Trinajstić information content (AvgIpc) is 2.75. The first kappa shape index (κ1) is 21.6. The van der Waals surface area contributed by atoms with Gasteiger partial charge in [0, 0.05) is 11.8 Å². The van der Waals surface area contributed by atoms with Crippen LogP contribution in [0.4, 0.5) is 14.6 Å². The number of nitrogens with two attached hydrogens (primary N) is 3. The van der Waals surface area contributed by atoms with Gasteiger partial charge in [-0.2, -0.15) is 5.10 Å². The summed E-state index contributed by atoms with van der Waals surface area (Å²) >= 11 is 0. The molecule has 0 spiro atoms. The van der Waals surface area contributed by atoms with Crippen molar-refractivity contribution in [2.24, 2.45) is 16.8 Å². The van der Waals surface area contributed by atoms with Gasteiger partial charge in [-0.1, -0.05) is 24.3 Å². The highest BCUT2D eigenvalue weighted by Gasteiger charge is 2.21. The highest BCUT2D eigenvalue weighted by atomic mass is 19.2. The molecule has 7 nitrogen and oxygen atoms in total. The lowest BCUT2D eigenvalue weighted by Crippen LogP contribution is -2.38. The molecule has 9 heteroatoms. The standard InChI is InChI=1S/C20H22F2N6O/c1-3-4-5-18(17(22)11-21)28(25)20(27-24)16-10-14(12-26-19(16)23)13-6-8-15(29-2)9-7-13/h3-12H,24-25H2,1-2H3,(H2,23,26)/b4-3-,17-11-,18-5+,27-20-. The summed E-state index contributed by atoms with van der Waals surface area (Å²) in [7, 11) is 1.57. The lowest BCUT2D eigenvalue weighted by atomic mass is 10.0. The van der Waals surface area contributed by atoms with Crippen LogP contribution in [0.5, 0.6) is 5.75 Å². The summed E-state index contributed by atoms with van der Waals surface area (Å²) in [5.41, 5.74) is 7.43. The van der Waals surface area contributed by atoms with Gasteiger partial charge in [0.15, 0.2) is 11.7 Å². The lowest BCUT2D eigenvalue weighted by molar-refractivity contribution is 0.415. The van der Waals surface area contributed by atoms with Crippen LogP contribution in [0.3, 0.4) is 0 Å². The van der Waals surface area contributed by atoms with Crippen LogP contribution < -0.4 is 22.2 Å². The van der Waals surface area contributed by atoms with Crippen molar-refractivity contribution in [2.75, 3.05) is 12.8 Å². The highest BCUT2D eigenvalue weighted by Crippen LogP contribution is 2.26. The largest absolute Gasteiger partial charge is 0.497 e. The Hall–Kier alpha value is -3.72. The van der Waals surface area contributed by atoms with E-state index >= 15 is 0 Å². The minimum absolute atomic E-state index is 0.0666. The van der Waals surface area contributed by atoms with Crippen molar-refractivity contribution in [1.82, 2.24) is 9.99 Å². The maximum atomic E-state index is 14.0. The number of hydrogen-bond acceptors (Lipinski definition) is 6. The third kappa shape index (κ3) is 4.96. The first-order valence-corrected chi connectivity index (χ1v) is 8.49. The maximum absolute atomic E-state index is 14.0. The molecule has 0 bridgehead atoms. The molecule has 0 aliphatic rings. The van der Waals surface area contributed by atoms with E-state index in [4.69, 9.17) is 22.2 Å².